The van der Waals surface area contributed by atoms with E-state index < -0.39 is 5.54 Å². The van der Waals surface area contributed by atoms with E-state index in [1.165, 1.54) is 0 Å². The average molecular weight is 183 g/mol. The Labute approximate surface area is 78.4 Å². The summed E-state index contributed by atoms with van der Waals surface area (Å²) in [5.74, 6) is 0. The van der Waals surface area contributed by atoms with Crippen LogP contribution in [0.2, 0.25) is 0 Å². The molecule has 0 amide bonds. The van der Waals surface area contributed by atoms with Crippen LogP contribution < -0.4 is 5.73 Å². The van der Waals surface area contributed by atoms with E-state index >= 15 is 0 Å². The van der Waals surface area contributed by atoms with Gasteiger partial charge in [0.1, 0.15) is 0 Å². The van der Waals surface area contributed by atoms with E-state index in [1.807, 2.05) is 27.8 Å². The van der Waals surface area contributed by atoms with Crippen LogP contribution in [0.4, 0.5) is 0 Å². The molecule has 1 unspecified atom stereocenters. The zero-order valence-corrected chi connectivity index (χ0v) is 8.63. The lowest BCUT2D eigenvalue weighted by atomic mass is 9.92. The van der Waals surface area contributed by atoms with Crippen LogP contribution in [0.15, 0.2) is 0 Å². The molecule has 3 N–H and O–H groups in total. The first-order chi connectivity index (χ1) is 5.90. The number of nitrogens with two attached hydrogens (primary N) is 1. The predicted molar refractivity (Wildman–Crippen MR) is 51.3 cm³/mol. The monoisotopic (exact) mass is 183 g/mol. The normalized spacial score (nSPS) is 15.8. The van der Waals surface area contributed by atoms with Crippen molar-refractivity contribution in [2.45, 2.75) is 26.3 Å². The van der Waals surface area contributed by atoms with E-state index in [2.05, 4.69) is 5.10 Å². The predicted octanol–water partition coefficient (Wildman–Crippen LogP) is 0.203. The van der Waals surface area contributed by atoms with Crippen molar-refractivity contribution in [3.63, 3.8) is 0 Å². The van der Waals surface area contributed by atoms with E-state index in [0.29, 0.717) is 0 Å². The molecule has 4 nitrogen and oxygen atoms in total. The molecule has 0 bridgehead atoms. The lowest BCUT2D eigenvalue weighted by Gasteiger charge is -2.22. The molecule has 0 radical (unpaired) electrons. The Bertz CT molecular complexity index is 315. The third kappa shape index (κ3) is 1.59. The Morgan fingerprint density at radius 3 is 2.38 bits per heavy atom. The number of aliphatic hydroxyl groups is 1. The Morgan fingerprint density at radius 2 is 2.08 bits per heavy atom. The zero-order chi connectivity index (χ0) is 10.2. The molecule has 13 heavy (non-hydrogen) atoms. The number of hydrogen-bond acceptors (Lipinski definition) is 3. The number of nitrogens with zero attached hydrogens (tertiary/aromatic N) is 2. The summed E-state index contributed by atoms with van der Waals surface area (Å²) in [6.07, 6.45) is 0. The van der Waals surface area contributed by atoms with Crippen LogP contribution in [-0.2, 0) is 12.6 Å². The van der Waals surface area contributed by atoms with Crippen molar-refractivity contribution in [2.75, 3.05) is 6.61 Å². The minimum Gasteiger partial charge on any atom is -0.394 e. The van der Waals surface area contributed by atoms with Gasteiger partial charge in [-0.25, -0.2) is 0 Å². The van der Waals surface area contributed by atoms with Crippen LogP contribution in [-0.4, -0.2) is 21.5 Å². The number of aromatic nitrogens is 2. The molecule has 1 aromatic heterocycles. The van der Waals surface area contributed by atoms with Gasteiger partial charge in [0.15, 0.2) is 0 Å². The van der Waals surface area contributed by atoms with Crippen LogP contribution in [0.1, 0.15) is 23.9 Å². The van der Waals surface area contributed by atoms with Gasteiger partial charge in [-0.1, -0.05) is 0 Å². The molecule has 1 rings (SSSR count). The van der Waals surface area contributed by atoms with Crippen LogP contribution in [0, 0.1) is 13.8 Å². The number of rotatable bonds is 2. The molecule has 0 aromatic carbocycles. The highest BCUT2D eigenvalue weighted by Gasteiger charge is 2.27. The van der Waals surface area contributed by atoms with Crippen molar-refractivity contribution in [3.8, 4) is 0 Å². The minimum atomic E-state index is -0.692. The molecule has 0 aliphatic rings. The van der Waals surface area contributed by atoms with Gasteiger partial charge < -0.3 is 10.8 Å². The van der Waals surface area contributed by atoms with E-state index in [9.17, 15) is 0 Å². The SMILES string of the molecule is Cc1nn(C)c(C)c1C(C)(N)CO. The summed E-state index contributed by atoms with van der Waals surface area (Å²) < 4.78 is 1.78. The summed E-state index contributed by atoms with van der Waals surface area (Å²) in [5.41, 5.74) is 8.10. The standard InChI is InChI=1S/C9H17N3O/c1-6-8(9(3,10)5-13)7(2)12(4)11-6/h13H,5,10H2,1-4H3. The van der Waals surface area contributed by atoms with E-state index in [-0.39, 0.29) is 6.61 Å². The van der Waals surface area contributed by atoms with Gasteiger partial charge in [0.05, 0.1) is 17.8 Å². The van der Waals surface area contributed by atoms with Gasteiger partial charge in [-0.3, -0.25) is 4.68 Å². The van der Waals surface area contributed by atoms with E-state index in [4.69, 9.17) is 10.8 Å². The van der Waals surface area contributed by atoms with E-state index in [1.54, 1.807) is 4.68 Å². The molecule has 0 saturated heterocycles. The molecule has 0 fully saturated rings. The highest BCUT2D eigenvalue weighted by Crippen LogP contribution is 2.23. The molecular formula is C9H17N3O. The Kier molecular flexibility index (Phi) is 2.45. The summed E-state index contributed by atoms with van der Waals surface area (Å²) in [4.78, 5) is 0. The van der Waals surface area contributed by atoms with Crippen LogP contribution in [0.3, 0.4) is 0 Å². The summed E-state index contributed by atoms with van der Waals surface area (Å²) in [6.45, 7) is 5.60. The molecule has 0 aliphatic heterocycles. The molecule has 74 valence electrons. The summed E-state index contributed by atoms with van der Waals surface area (Å²) in [5, 5.41) is 13.4. The third-order valence-corrected chi connectivity index (χ3v) is 2.41. The van der Waals surface area contributed by atoms with Gasteiger partial charge in [-0.05, 0) is 20.8 Å². The highest BCUT2D eigenvalue weighted by molar-refractivity contribution is 5.31. The van der Waals surface area contributed by atoms with Crippen molar-refractivity contribution in [1.29, 1.82) is 0 Å². The maximum Gasteiger partial charge on any atom is 0.0651 e. The van der Waals surface area contributed by atoms with Gasteiger partial charge >= 0.3 is 0 Å². The average Bonchev–Trinajstić information content (AvgIpc) is 2.27. The van der Waals surface area contributed by atoms with Gasteiger partial charge in [0.2, 0.25) is 0 Å². The second-order valence-corrected chi connectivity index (χ2v) is 3.75. The summed E-state index contributed by atoms with van der Waals surface area (Å²) >= 11 is 0. The fourth-order valence-electron chi connectivity index (χ4n) is 1.68. The first-order valence-corrected chi connectivity index (χ1v) is 4.30. The minimum absolute atomic E-state index is 0.0691. The van der Waals surface area contributed by atoms with Crippen molar-refractivity contribution >= 4 is 0 Å². The fraction of sp³-hybridized carbons (Fsp3) is 0.667. The molecular weight excluding hydrogens is 166 g/mol. The van der Waals surface area contributed by atoms with Crippen molar-refractivity contribution in [3.05, 3.63) is 17.0 Å². The van der Waals surface area contributed by atoms with Crippen LogP contribution >= 0.6 is 0 Å². The molecule has 0 saturated carbocycles. The molecule has 0 spiro atoms. The molecule has 1 aromatic rings. The fourth-order valence-corrected chi connectivity index (χ4v) is 1.68. The van der Waals surface area contributed by atoms with Crippen molar-refractivity contribution < 1.29 is 5.11 Å². The first-order valence-electron chi connectivity index (χ1n) is 4.30. The maximum atomic E-state index is 9.14. The smallest absolute Gasteiger partial charge is 0.0651 e. The first kappa shape index (κ1) is 10.2. The molecule has 1 heterocycles. The maximum absolute atomic E-state index is 9.14. The topological polar surface area (TPSA) is 64.1 Å². The highest BCUT2D eigenvalue weighted by atomic mass is 16.3. The zero-order valence-electron chi connectivity index (χ0n) is 8.63. The lowest BCUT2D eigenvalue weighted by Crippen LogP contribution is -2.38. The largest absolute Gasteiger partial charge is 0.394 e. The summed E-state index contributed by atoms with van der Waals surface area (Å²) in [7, 11) is 1.87. The molecule has 0 aliphatic carbocycles. The van der Waals surface area contributed by atoms with Crippen molar-refractivity contribution in [1.82, 2.24) is 9.78 Å². The lowest BCUT2D eigenvalue weighted by molar-refractivity contribution is 0.209. The number of aryl methyl sites for hydroxylation is 2. The number of hydrogen-bond donors (Lipinski definition) is 2. The van der Waals surface area contributed by atoms with Gasteiger partial charge in [-0.2, -0.15) is 5.10 Å². The molecule has 1 atom stereocenters. The number of aliphatic hydroxyl groups excluding tert-OH is 1. The van der Waals surface area contributed by atoms with Crippen LogP contribution in [0.5, 0.6) is 0 Å². The van der Waals surface area contributed by atoms with Gasteiger partial charge in [0, 0.05) is 18.3 Å². The Morgan fingerprint density at radius 1 is 1.54 bits per heavy atom. The van der Waals surface area contributed by atoms with Crippen molar-refractivity contribution in [2.24, 2.45) is 12.8 Å². The second kappa shape index (κ2) is 3.12. The van der Waals surface area contributed by atoms with Crippen LogP contribution in [0.25, 0.3) is 0 Å². The second-order valence-electron chi connectivity index (χ2n) is 3.75. The molecule has 4 heteroatoms. The summed E-state index contributed by atoms with van der Waals surface area (Å²) in [6, 6.07) is 0. The Hall–Kier alpha value is -0.870. The Balaban J connectivity index is 3.28. The third-order valence-electron chi connectivity index (χ3n) is 2.41. The quantitative estimate of drug-likeness (QED) is 0.688. The van der Waals surface area contributed by atoms with Gasteiger partial charge in [0.25, 0.3) is 0 Å². The van der Waals surface area contributed by atoms with E-state index in [0.717, 1.165) is 17.0 Å². The van der Waals surface area contributed by atoms with Gasteiger partial charge in [-0.15, -0.1) is 0 Å².